The lowest BCUT2D eigenvalue weighted by Gasteiger charge is -2.34. The van der Waals surface area contributed by atoms with Crippen LogP contribution in [0.5, 0.6) is 11.5 Å². The molecule has 42 heavy (non-hydrogen) atoms. The van der Waals surface area contributed by atoms with E-state index < -0.39 is 10.0 Å². The maximum Gasteiger partial charge on any atom is 0.270 e. The topological polar surface area (TPSA) is 123 Å². The highest BCUT2D eigenvalue weighted by Gasteiger charge is 2.51. The Morgan fingerprint density at radius 1 is 1.10 bits per heavy atom. The van der Waals surface area contributed by atoms with Crippen molar-refractivity contribution in [3.63, 3.8) is 0 Å². The van der Waals surface area contributed by atoms with Crippen molar-refractivity contribution in [2.45, 2.75) is 49.0 Å². The molecule has 4 aliphatic rings. The Labute approximate surface area is 244 Å². The van der Waals surface area contributed by atoms with E-state index in [1.165, 1.54) is 38.3 Å². The first kappa shape index (κ1) is 27.1. The summed E-state index contributed by atoms with van der Waals surface area (Å²) in [6.45, 7) is 5.27. The number of carbonyl (C=O) groups excluding carboxylic acids is 1. The highest BCUT2D eigenvalue weighted by atomic mass is 32.2. The van der Waals surface area contributed by atoms with Crippen molar-refractivity contribution in [2.75, 3.05) is 56.6 Å². The number of carbonyl (C=O) groups is 1. The molecular formula is C30H34N4O7S. The normalized spacial score (nSPS) is 20.4. The average molecular weight is 595 g/mol. The molecule has 2 aliphatic carbocycles. The van der Waals surface area contributed by atoms with Crippen molar-refractivity contribution in [2.24, 2.45) is 0 Å². The van der Waals surface area contributed by atoms with Crippen LogP contribution in [0, 0.1) is 0 Å². The monoisotopic (exact) mass is 594 g/mol. The van der Waals surface area contributed by atoms with Gasteiger partial charge in [0.1, 0.15) is 11.5 Å². The van der Waals surface area contributed by atoms with Gasteiger partial charge in [-0.25, -0.2) is 8.42 Å². The summed E-state index contributed by atoms with van der Waals surface area (Å²) in [5.41, 5.74) is 4.33. The van der Waals surface area contributed by atoms with E-state index in [1.54, 1.807) is 4.90 Å². The van der Waals surface area contributed by atoms with Crippen LogP contribution in [0.15, 0.2) is 39.8 Å². The Bertz CT molecular complexity index is 1650. The first-order valence-electron chi connectivity index (χ1n) is 14.3. The second-order valence-corrected chi connectivity index (χ2v) is 13.2. The lowest BCUT2D eigenvalue weighted by molar-refractivity contribution is -0.0124. The number of anilines is 2. The number of amides is 1. The van der Waals surface area contributed by atoms with Gasteiger partial charge in [-0.2, -0.15) is 0 Å². The van der Waals surface area contributed by atoms with Gasteiger partial charge in [0, 0.05) is 54.0 Å². The number of methoxy groups -OCH3 is 2. The molecular weight excluding hydrogens is 560 g/mol. The molecule has 222 valence electrons. The zero-order valence-electron chi connectivity index (χ0n) is 23.9. The standard InChI is InChI=1S/C30H34N4O7S/c1-18-17-34(11-12-40-18)29(35)19-13-24(38-2)27(25(14-19)39-3)42(36,37)32-28-22-16-30(7-8-30)23-6-5-20(33-9-4-10-33)15-21(23)26(22)41-31-28/h5-6,13-15,18H,4,7-12,16-17H2,1-3H3,(H,31,32)/t18-/m0/s1. The molecule has 3 heterocycles. The van der Waals surface area contributed by atoms with Crippen molar-refractivity contribution >= 4 is 27.4 Å². The lowest BCUT2D eigenvalue weighted by Crippen LogP contribution is -2.44. The van der Waals surface area contributed by atoms with Crippen LogP contribution in [-0.2, 0) is 26.6 Å². The van der Waals surface area contributed by atoms with Crippen LogP contribution in [-0.4, -0.2) is 77.5 Å². The number of hydrogen-bond acceptors (Lipinski definition) is 9. The first-order chi connectivity index (χ1) is 20.2. The number of nitrogens with zero attached hydrogens (tertiary/aromatic N) is 3. The number of aromatic nitrogens is 1. The van der Waals surface area contributed by atoms with Crippen LogP contribution in [0.2, 0.25) is 0 Å². The molecule has 0 radical (unpaired) electrons. The van der Waals surface area contributed by atoms with Gasteiger partial charge in [-0.15, -0.1) is 0 Å². The van der Waals surface area contributed by atoms with E-state index in [1.807, 2.05) is 6.92 Å². The fourth-order valence-corrected chi connectivity index (χ4v) is 7.71. The summed E-state index contributed by atoms with van der Waals surface area (Å²) < 4.78 is 52.9. The number of ether oxygens (including phenoxy) is 3. The van der Waals surface area contributed by atoms with Gasteiger partial charge in [-0.05, 0) is 62.4 Å². The highest BCUT2D eigenvalue weighted by Crippen LogP contribution is 2.59. The number of nitrogens with one attached hydrogen (secondary N) is 1. The molecule has 7 rings (SSSR count). The molecule has 0 unspecified atom stereocenters. The molecule has 12 heteroatoms. The van der Waals surface area contributed by atoms with E-state index in [0.717, 1.165) is 42.7 Å². The molecule has 2 aliphatic heterocycles. The zero-order valence-corrected chi connectivity index (χ0v) is 24.8. The van der Waals surface area contributed by atoms with Gasteiger partial charge in [0.25, 0.3) is 15.9 Å². The summed E-state index contributed by atoms with van der Waals surface area (Å²) >= 11 is 0. The Kier molecular flexibility index (Phi) is 6.39. The fraction of sp³-hybridized carbons (Fsp3) is 0.467. The van der Waals surface area contributed by atoms with Crippen LogP contribution >= 0.6 is 0 Å². The molecule has 3 fully saturated rings. The van der Waals surface area contributed by atoms with E-state index in [9.17, 15) is 13.2 Å². The van der Waals surface area contributed by atoms with Gasteiger partial charge in [0.2, 0.25) is 0 Å². The molecule has 2 saturated heterocycles. The van der Waals surface area contributed by atoms with Crippen LogP contribution < -0.4 is 19.1 Å². The Morgan fingerprint density at radius 2 is 1.83 bits per heavy atom. The molecule has 1 spiro atoms. The second kappa shape index (κ2) is 9.91. The van der Waals surface area contributed by atoms with Gasteiger partial charge < -0.3 is 28.5 Å². The number of sulfonamides is 1. The Morgan fingerprint density at radius 3 is 2.45 bits per heavy atom. The van der Waals surface area contributed by atoms with Gasteiger partial charge in [0.05, 0.1) is 26.9 Å². The summed E-state index contributed by atoms with van der Waals surface area (Å²) in [6, 6.07) is 9.39. The first-order valence-corrected chi connectivity index (χ1v) is 15.8. The molecule has 1 N–H and O–H groups in total. The predicted molar refractivity (Wildman–Crippen MR) is 155 cm³/mol. The molecule has 0 bridgehead atoms. The number of morpholine rings is 1. The van der Waals surface area contributed by atoms with E-state index in [4.69, 9.17) is 18.7 Å². The molecule has 3 aromatic rings. The van der Waals surface area contributed by atoms with E-state index >= 15 is 0 Å². The zero-order chi connectivity index (χ0) is 29.2. The summed E-state index contributed by atoms with van der Waals surface area (Å²) in [6.07, 6.45) is 3.78. The number of hydrogen-bond donors (Lipinski definition) is 1. The summed E-state index contributed by atoms with van der Waals surface area (Å²) in [4.78, 5) is 17.1. The van der Waals surface area contributed by atoms with Crippen molar-refractivity contribution in [3.05, 3.63) is 47.0 Å². The molecule has 1 saturated carbocycles. The van der Waals surface area contributed by atoms with Crippen molar-refractivity contribution < 1.29 is 31.9 Å². The van der Waals surface area contributed by atoms with Crippen LogP contribution in [0.1, 0.15) is 47.7 Å². The van der Waals surface area contributed by atoms with Crippen molar-refractivity contribution in [1.82, 2.24) is 10.1 Å². The molecule has 1 aromatic heterocycles. The highest BCUT2D eigenvalue weighted by molar-refractivity contribution is 7.93. The smallest absolute Gasteiger partial charge is 0.270 e. The van der Waals surface area contributed by atoms with Crippen LogP contribution in [0.4, 0.5) is 11.5 Å². The minimum absolute atomic E-state index is 0.00734. The number of fused-ring (bicyclic) bond motifs is 4. The maximum absolute atomic E-state index is 13.9. The van der Waals surface area contributed by atoms with Crippen LogP contribution in [0.3, 0.4) is 0 Å². The number of rotatable bonds is 7. The third-order valence-corrected chi connectivity index (χ3v) is 10.3. The summed E-state index contributed by atoms with van der Waals surface area (Å²) in [5, 5.41) is 4.20. The maximum atomic E-state index is 13.9. The third kappa shape index (κ3) is 4.39. The lowest BCUT2D eigenvalue weighted by atomic mass is 9.79. The van der Waals surface area contributed by atoms with Gasteiger partial charge in [0.15, 0.2) is 16.5 Å². The van der Waals surface area contributed by atoms with E-state index in [2.05, 4.69) is 33.0 Å². The average Bonchev–Trinajstić information content (AvgIpc) is 3.62. The molecule has 2 aromatic carbocycles. The van der Waals surface area contributed by atoms with Gasteiger partial charge >= 0.3 is 0 Å². The predicted octanol–water partition coefficient (Wildman–Crippen LogP) is 3.82. The summed E-state index contributed by atoms with van der Waals surface area (Å²) in [7, 11) is -1.54. The Balaban J connectivity index is 1.23. The van der Waals surface area contributed by atoms with Crippen molar-refractivity contribution in [1.29, 1.82) is 0 Å². The van der Waals surface area contributed by atoms with E-state index in [-0.39, 0.29) is 45.2 Å². The van der Waals surface area contributed by atoms with E-state index in [0.29, 0.717) is 31.9 Å². The minimum Gasteiger partial charge on any atom is -0.495 e. The Hall–Kier alpha value is -3.77. The van der Waals surface area contributed by atoms with Gasteiger partial charge in [-0.3, -0.25) is 9.52 Å². The molecule has 11 nitrogen and oxygen atoms in total. The minimum atomic E-state index is -4.26. The number of benzene rings is 2. The fourth-order valence-electron chi connectivity index (χ4n) is 6.38. The quantitative estimate of drug-likeness (QED) is 0.435. The second-order valence-electron chi connectivity index (χ2n) is 11.6. The van der Waals surface area contributed by atoms with Crippen molar-refractivity contribution in [3.8, 4) is 22.8 Å². The van der Waals surface area contributed by atoms with Crippen LogP contribution in [0.25, 0.3) is 11.3 Å². The van der Waals surface area contributed by atoms with Gasteiger partial charge in [-0.1, -0.05) is 11.2 Å². The molecule has 1 atom stereocenters. The largest absolute Gasteiger partial charge is 0.495 e. The molecule has 1 amide bonds. The SMILES string of the molecule is COc1cc(C(=O)N2CCO[C@@H](C)C2)cc(OC)c1S(=O)(=O)Nc1noc2c1CC1(CC1)c1ccc(N3CCC3)cc1-2. The third-order valence-electron chi connectivity index (χ3n) is 8.93. The summed E-state index contributed by atoms with van der Waals surface area (Å²) in [5.74, 6) is 0.486.